The summed E-state index contributed by atoms with van der Waals surface area (Å²) in [5, 5.41) is 16.5. The number of amides is 1. The van der Waals surface area contributed by atoms with Crippen molar-refractivity contribution >= 4 is 22.8 Å². The first kappa shape index (κ1) is 16.3. The van der Waals surface area contributed by atoms with Gasteiger partial charge in [0.2, 0.25) is 5.91 Å². The van der Waals surface area contributed by atoms with Crippen molar-refractivity contribution in [2.24, 2.45) is 5.41 Å². The standard InChI is InChI=1S/C15H14F3N3O3/c16-15(17,18)14(13(23)24)5-6-21(8-14)12(22)7-11-9-3-1-2-4-10(9)19-20-11/h1-4H,5-8H2,(H,19,20)(H,23,24). The van der Waals surface area contributed by atoms with Crippen LogP contribution in [0.15, 0.2) is 24.3 Å². The number of halogens is 3. The zero-order chi connectivity index (χ0) is 17.5. The number of para-hydroxylation sites is 1. The van der Waals surface area contributed by atoms with E-state index >= 15 is 0 Å². The number of carbonyl (C=O) groups is 2. The molecule has 1 aromatic heterocycles. The van der Waals surface area contributed by atoms with Gasteiger partial charge in [-0.2, -0.15) is 18.3 Å². The second kappa shape index (κ2) is 5.50. The van der Waals surface area contributed by atoms with Gasteiger partial charge in [0.05, 0.1) is 17.6 Å². The molecule has 3 rings (SSSR count). The van der Waals surface area contributed by atoms with Crippen molar-refractivity contribution in [3.63, 3.8) is 0 Å². The van der Waals surface area contributed by atoms with E-state index in [1.54, 1.807) is 24.3 Å². The van der Waals surface area contributed by atoms with Gasteiger partial charge in [-0.15, -0.1) is 0 Å². The monoisotopic (exact) mass is 341 g/mol. The van der Waals surface area contributed by atoms with E-state index in [1.807, 2.05) is 0 Å². The molecule has 1 saturated heterocycles. The number of carboxylic acids is 1. The highest BCUT2D eigenvalue weighted by atomic mass is 19.4. The van der Waals surface area contributed by atoms with E-state index in [-0.39, 0.29) is 13.0 Å². The number of fused-ring (bicyclic) bond motifs is 1. The summed E-state index contributed by atoms with van der Waals surface area (Å²) in [6, 6.07) is 7.04. The van der Waals surface area contributed by atoms with Crippen LogP contribution in [0.2, 0.25) is 0 Å². The summed E-state index contributed by atoms with van der Waals surface area (Å²) in [5.41, 5.74) is -1.74. The van der Waals surface area contributed by atoms with Crippen LogP contribution in [-0.2, 0) is 16.0 Å². The molecule has 128 valence electrons. The van der Waals surface area contributed by atoms with Gasteiger partial charge in [0, 0.05) is 18.5 Å². The molecule has 0 bridgehead atoms. The van der Waals surface area contributed by atoms with Crippen molar-refractivity contribution in [3.05, 3.63) is 30.0 Å². The first-order chi connectivity index (χ1) is 11.2. The van der Waals surface area contributed by atoms with Crippen molar-refractivity contribution in [2.75, 3.05) is 13.1 Å². The van der Waals surface area contributed by atoms with Crippen LogP contribution in [0.5, 0.6) is 0 Å². The molecule has 1 aliphatic heterocycles. The Labute approximate surface area is 134 Å². The number of rotatable bonds is 3. The third-order valence-corrected chi connectivity index (χ3v) is 4.44. The second-order valence-corrected chi connectivity index (χ2v) is 5.85. The maximum Gasteiger partial charge on any atom is 0.406 e. The Balaban J connectivity index is 1.78. The number of aromatic amines is 1. The van der Waals surface area contributed by atoms with Gasteiger partial charge in [0.1, 0.15) is 0 Å². The van der Waals surface area contributed by atoms with Crippen LogP contribution in [0, 0.1) is 5.41 Å². The van der Waals surface area contributed by atoms with Crippen LogP contribution < -0.4 is 0 Å². The van der Waals surface area contributed by atoms with E-state index in [0.29, 0.717) is 16.6 Å². The Kier molecular flexibility index (Phi) is 3.73. The maximum absolute atomic E-state index is 13.2. The van der Waals surface area contributed by atoms with E-state index in [0.717, 1.165) is 4.90 Å². The number of carboxylic acid groups (broad SMARTS) is 1. The predicted octanol–water partition coefficient (Wildman–Crippen LogP) is 1.97. The minimum absolute atomic E-state index is 0.159. The molecule has 6 nitrogen and oxygen atoms in total. The van der Waals surface area contributed by atoms with Gasteiger partial charge in [-0.1, -0.05) is 18.2 Å². The molecule has 1 unspecified atom stereocenters. The number of benzene rings is 1. The maximum atomic E-state index is 13.2. The van der Waals surface area contributed by atoms with E-state index in [9.17, 15) is 22.8 Å². The lowest BCUT2D eigenvalue weighted by Gasteiger charge is -2.27. The average molecular weight is 341 g/mol. The summed E-state index contributed by atoms with van der Waals surface area (Å²) in [6.45, 7) is -1.10. The second-order valence-electron chi connectivity index (χ2n) is 5.85. The summed E-state index contributed by atoms with van der Waals surface area (Å²) in [7, 11) is 0. The van der Waals surface area contributed by atoms with Gasteiger partial charge in [-0.25, -0.2) is 0 Å². The van der Waals surface area contributed by atoms with Crippen LogP contribution in [0.25, 0.3) is 10.9 Å². The smallest absolute Gasteiger partial charge is 0.406 e. The van der Waals surface area contributed by atoms with Gasteiger partial charge >= 0.3 is 12.1 Å². The lowest BCUT2D eigenvalue weighted by molar-refractivity contribution is -0.227. The van der Waals surface area contributed by atoms with Gasteiger partial charge in [-0.05, 0) is 12.5 Å². The Hall–Kier alpha value is -2.58. The van der Waals surface area contributed by atoms with E-state index in [2.05, 4.69) is 10.2 Å². The normalized spacial score (nSPS) is 21.4. The highest BCUT2D eigenvalue weighted by Crippen LogP contribution is 2.45. The molecule has 1 fully saturated rings. The van der Waals surface area contributed by atoms with Gasteiger partial charge in [0.15, 0.2) is 5.41 Å². The fourth-order valence-electron chi connectivity index (χ4n) is 2.96. The van der Waals surface area contributed by atoms with E-state index in [4.69, 9.17) is 5.11 Å². The number of nitrogens with zero attached hydrogens (tertiary/aromatic N) is 2. The molecule has 1 aromatic carbocycles. The molecule has 9 heteroatoms. The lowest BCUT2D eigenvalue weighted by atomic mass is 9.86. The van der Waals surface area contributed by atoms with Crippen LogP contribution in [0.3, 0.4) is 0 Å². The Bertz CT molecular complexity index is 802. The third-order valence-electron chi connectivity index (χ3n) is 4.44. The minimum atomic E-state index is -4.91. The number of alkyl halides is 3. The molecular formula is C15H14F3N3O3. The summed E-state index contributed by atoms with van der Waals surface area (Å²) >= 11 is 0. The molecule has 0 aliphatic carbocycles. The summed E-state index contributed by atoms with van der Waals surface area (Å²) < 4.78 is 39.5. The van der Waals surface area contributed by atoms with Crippen LogP contribution >= 0.6 is 0 Å². The molecule has 0 spiro atoms. The molecule has 2 heterocycles. The quantitative estimate of drug-likeness (QED) is 0.894. The van der Waals surface area contributed by atoms with Gasteiger partial charge < -0.3 is 10.0 Å². The van der Waals surface area contributed by atoms with Crippen LogP contribution in [0.1, 0.15) is 12.1 Å². The van der Waals surface area contributed by atoms with E-state index < -0.39 is 36.4 Å². The molecule has 0 saturated carbocycles. The number of H-pyrrole nitrogens is 1. The van der Waals surface area contributed by atoms with E-state index in [1.165, 1.54) is 0 Å². The number of hydrogen-bond acceptors (Lipinski definition) is 3. The summed E-state index contributed by atoms with van der Waals surface area (Å²) in [5.74, 6) is -2.51. The molecule has 2 aromatic rings. The van der Waals surface area contributed by atoms with Gasteiger partial charge in [0.25, 0.3) is 0 Å². The molecule has 1 atom stereocenters. The van der Waals surface area contributed by atoms with Crippen LogP contribution in [-0.4, -0.2) is 51.3 Å². The number of aliphatic carboxylic acids is 1. The van der Waals surface area contributed by atoms with Crippen molar-refractivity contribution in [2.45, 2.75) is 19.0 Å². The van der Waals surface area contributed by atoms with Crippen molar-refractivity contribution < 1.29 is 27.9 Å². The SMILES string of the molecule is O=C(Cc1[nH]nc2ccccc12)N1CCC(C(=O)O)(C(F)(F)F)C1. The summed E-state index contributed by atoms with van der Waals surface area (Å²) in [6.07, 6.45) is -5.70. The highest BCUT2D eigenvalue weighted by Gasteiger charge is 2.64. The number of carbonyl (C=O) groups excluding carboxylic acids is 1. The zero-order valence-corrected chi connectivity index (χ0v) is 12.4. The first-order valence-electron chi connectivity index (χ1n) is 7.24. The first-order valence-corrected chi connectivity index (χ1v) is 7.24. The zero-order valence-electron chi connectivity index (χ0n) is 12.4. The topological polar surface area (TPSA) is 86.3 Å². The summed E-state index contributed by atoms with van der Waals surface area (Å²) in [4.78, 5) is 24.4. The molecular weight excluding hydrogens is 327 g/mol. The fourth-order valence-corrected chi connectivity index (χ4v) is 2.96. The fraction of sp³-hybridized carbons (Fsp3) is 0.400. The minimum Gasteiger partial charge on any atom is -0.481 e. The van der Waals surface area contributed by atoms with Crippen LogP contribution in [0.4, 0.5) is 13.2 Å². The molecule has 24 heavy (non-hydrogen) atoms. The predicted molar refractivity (Wildman–Crippen MR) is 77.1 cm³/mol. The Morgan fingerprint density at radius 2 is 2.04 bits per heavy atom. The van der Waals surface area contributed by atoms with Crippen molar-refractivity contribution in [1.82, 2.24) is 15.1 Å². The third kappa shape index (κ3) is 2.49. The number of aromatic nitrogens is 2. The van der Waals surface area contributed by atoms with Crippen molar-refractivity contribution in [3.8, 4) is 0 Å². The molecule has 0 radical (unpaired) electrons. The van der Waals surface area contributed by atoms with Crippen molar-refractivity contribution in [1.29, 1.82) is 0 Å². The lowest BCUT2D eigenvalue weighted by Crippen LogP contribution is -2.47. The Morgan fingerprint density at radius 1 is 1.33 bits per heavy atom. The number of hydrogen-bond donors (Lipinski definition) is 2. The average Bonchev–Trinajstić information content (AvgIpc) is 3.12. The highest BCUT2D eigenvalue weighted by molar-refractivity contribution is 5.88. The molecule has 1 amide bonds. The number of nitrogens with one attached hydrogen (secondary N) is 1. The largest absolute Gasteiger partial charge is 0.481 e. The number of likely N-dealkylation sites (tertiary alicyclic amines) is 1. The van der Waals surface area contributed by atoms with Gasteiger partial charge in [-0.3, -0.25) is 14.7 Å². The Morgan fingerprint density at radius 3 is 2.67 bits per heavy atom. The molecule has 1 aliphatic rings. The molecule has 2 N–H and O–H groups in total.